The van der Waals surface area contributed by atoms with Crippen LogP contribution in [0, 0.1) is 0 Å². The number of carbonyl (C=O) groups is 1. The van der Waals surface area contributed by atoms with Crippen LogP contribution in [0.15, 0.2) is 54.6 Å². The van der Waals surface area contributed by atoms with Crippen LogP contribution in [0.3, 0.4) is 0 Å². The molecule has 0 aromatic heterocycles. The molecule has 1 N–H and O–H groups in total. The van der Waals surface area contributed by atoms with Crippen molar-refractivity contribution in [2.45, 2.75) is 11.4 Å². The predicted molar refractivity (Wildman–Crippen MR) is 85.9 cm³/mol. The molecule has 0 saturated carbocycles. The number of hydrogen-bond donors (Lipinski definition) is 1. The van der Waals surface area contributed by atoms with Gasteiger partial charge >= 0.3 is 0 Å². The van der Waals surface area contributed by atoms with Gasteiger partial charge < -0.3 is 4.74 Å². The number of rotatable bonds is 4. The second kappa shape index (κ2) is 6.33. The third-order valence-electron chi connectivity index (χ3n) is 3.57. The molecule has 2 unspecified atom stereocenters. The number of thioether (sulfide) groups is 1. The number of benzene rings is 2. The summed E-state index contributed by atoms with van der Waals surface area (Å²) in [5.41, 5.74) is 1.85. The van der Waals surface area contributed by atoms with Crippen LogP contribution in [0.2, 0.25) is 0 Å². The molecular weight excluding hydrogens is 282 g/mol. The number of ether oxygens (including phenoxy) is 1. The number of ketones is 1. The molecule has 1 fully saturated rings. The summed E-state index contributed by atoms with van der Waals surface area (Å²) in [5, 5.41) is 3.59. The summed E-state index contributed by atoms with van der Waals surface area (Å²) in [7, 11) is 1.59. The van der Waals surface area contributed by atoms with Crippen LogP contribution >= 0.6 is 11.8 Å². The first-order valence-corrected chi connectivity index (χ1v) is 7.94. The maximum absolute atomic E-state index is 12.6. The topological polar surface area (TPSA) is 38.3 Å². The Kier molecular flexibility index (Phi) is 4.27. The Morgan fingerprint density at radius 3 is 2.62 bits per heavy atom. The highest BCUT2D eigenvalue weighted by Crippen LogP contribution is 2.34. The average molecular weight is 299 g/mol. The molecule has 2 aromatic carbocycles. The van der Waals surface area contributed by atoms with Crippen LogP contribution in [-0.2, 0) is 0 Å². The molecule has 3 nitrogen and oxygen atoms in total. The largest absolute Gasteiger partial charge is 0.496 e. The Bertz CT molecular complexity index is 630. The Morgan fingerprint density at radius 2 is 1.86 bits per heavy atom. The summed E-state index contributed by atoms with van der Waals surface area (Å²) in [6, 6.07) is 17.4. The molecule has 0 bridgehead atoms. The lowest BCUT2D eigenvalue weighted by Crippen LogP contribution is -2.34. The molecule has 3 rings (SSSR count). The minimum atomic E-state index is -0.170. The molecule has 0 amide bonds. The van der Waals surface area contributed by atoms with Crippen LogP contribution in [0.4, 0.5) is 0 Å². The van der Waals surface area contributed by atoms with Gasteiger partial charge in [-0.3, -0.25) is 10.1 Å². The second-order valence-corrected chi connectivity index (χ2v) is 6.05. The number of hydrogen-bond acceptors (Lipinski definition) is 4. The molecule has 0 radical (unpaired) electrons. The van der Waals surface area contributed by atoms with Crippen molar-refractivity contribution < 1.29 is 9.53 Å². The first-order chi connectivity index (χ1) is 10.3. The fourth-order valence-electron chi connectivity index (χ4n) is 2.48. The summed E-state index contributed by atoms with van der Waals surface area (Å²) in [4.78, 5) is 12.6. The zero-order chi connectivity index (χ0) is 14.7. The quantitative estimate of drug-likeness (QED) is 0.879. The van der Waals surface area contributed by atoms with Crippen molar-refractivity contribution in [2.75, 3.05) is 12.9 Å². The van der Waals surface area contributed by atoms with Gasteiger partial charge in [-0.15, -0.1) is 11.8 Å². The highest BCUT2D eigenvalue weighted by Gasteiger charge is 2.32. The zero-order valence-electron chi connectivity index (χ0n) is 11.8. The highest BCUT2D eigenvalue weighted by atomic mass is 32.2. The van der Waals surface area contributed by atoms with Gasteiger partial charge in [-0.05, 0) is 17.7 Å². The third kappa shape index (κ3) is 2.96. The zero-order valence-corrected chi connectivity index (χ0v) is 12.6. The Morgan fingerprint density at radius 1 is 1.14 bits per heavy atom. The summed E-state index contributed by atoms with van der Waals surface area (Å²) >= 11 is 1.77. The van der Waals surface area contributed by atoms with E-state index in [0.717, 1.165) is 5.75 Å². The fraction of sp³-hybridized carbons (Fsp3) is 0.235. The van der Waals surface area contributed by atoms with E-state index in [1.54, 1.807) is 18.9 Å². The summed E-state index contributed by atoms with van der Waals surface area (Å²) in [6.45, 7) is 0. The standard InChI is InChI=1S/C17H17NO2S/c1-20-15-10-6-5-9-13(15)16(19)14-11-21-17(18-14)12-7-3-2-4-8-12/h2-10,14,17-18H,11H2,1H3. The molecule has 2 atom stereocenters. The van der Waals surface area contributed by atoms with Crippen molar-refractivity contribution in [1.29, 1.82) is 0 Å². The van der Waals surface area contributed by atoms with Crippen molar-refractivity contribution in [1.82, 2.24) is 5.32 Å². The predicted octanol–water partition coefficient (Wildman–Crippen LogP) is 3.28. The van der Waals surface area contributed by atoms with Gasteiger partial charge in [0, 0.05) is 5.75 Å². The summed E-state index contributed by atoms with van der Waals surface area (Å²) in [6.07, 6.45) is 0. The molecule has 108 valence electrons. The first kappa shape index (κ1) is 14.2. The van der Waals surface area contributed by atoms with E-state index in [1.807, 2.05) is 42.5 Å². The van der Waals surface area contributed by atoms with Crippen molar-refractivity contribution in [3.05, 3.63) is 65.7 Å². The van der Waals surface area contributed by atoms with Crippen LogP contribution in [-0.4, -0.2) is 24.7 Å². The molecule has 1 saturated heterocycles. The lowest BCUT2D eigenvalue weighted by Gasteiger charge is -2.14. The molecule has 1 heterocycles. The van der Waals surface area contributed by atoms with Crippen LogP contribution in [0.1, 0.15) is 21.3 Å². The maximum atomic E-state index is 12.6. The number of carbonyl (C=O) groups excluding carboxylic acids is 1. The minimum absolute atomic E-state index is 0.0957. The van der Waals surface area contributed by atoms with E-state index in [4.69, 9.17) is 4.74 Å². The molecule has 0 spiro atoms. The molecular formula is C17H17NO2S. The monoisotopic (exact) mass is 299 g/mol. The van der Waals surface area contributed by atoms with Crippen molar-refractivity contribution in [3.8, 4) is 5.75 Å². The molecule has 4 heteroatoms. The van der Waals surface area contributed by atoms with Crippen molar-refractivity contribution >= 4 is 17.5 Å². The van der Waals surface area contributed by atoms with Crippen molar-refractivity contribution in [2.24, 2.45) is 0 Å². The Balaban J connectivity index is 1.75. The molecule has 1 aliphatic rings. The molecule has 21 heavy (non-hydrogen) atoms. The van der Waals surface area contributed by atoms with Gasteiger partial charge in [-0.25, -0.2) is 0 Å². The van der Waals surface area contributed by atoms with Gasteiger partial charge in [-0.1, -0.05) is 42.5 Å². The van der Waals surface area contributed by atoms with Gasteiger partial charge in [0.2, 0.25) is 0 Å². The number of nitrogens with one attached hydrogen (secondary N) is 1. The first-order valence-electron chi connectivity index (χ1n) is 6.89. The van der Waals surface area contributed by atoms with E-state index >= 15 is 0 Å². The van der Waals surface area contributed by atoms with Gasteiger partial charge in [0.05, 0.1) is 24.1 Å². The van der Waals surface area contributed by atoms with E-state index in [2.05, 4.69) is 17.4 Å². The van der Waals surface area contributed by atoms with Crippen LogP contribution in [0.5, 0.6) is 5.75 Å². The lowest BCUT2D eigenvalue weighted by atomic mass is 10.0. The van der Waals surface area contributed by atoms with Gasteiger partial charge in [-0.2, -0.15) is 0 Å². The second-order valence-electron chi connectivity index (χ2n) is 4.91. The maximum Gasteiger partial charge on any atom is 0.184 e. The molecule has 1 aliphatic heterocycles. The van der Waals surface area contributed by atoms with Gasteiger partial charge in [0.1, 0.15) is 5.75 Å². The van der Waals surface area contributed by atoms with E-state index in [0.29, 0.717) is 11.3 Å². The van der Waals surface area contributed by atoms with E-state index in [1.165, 1.54) is 5.56 Å². The van der Waals surface area contributed by atoms with Crippen LogP contribution < -0.4 is 10.1 Å². The van der Waals surface area contributed by atoms with E-state index in [9.17, 15) is 4.79 Å². The molecule has 2 aromatic rings. The summed E-state index contributed by atoms with van der Waals surface area (Å²) < 4.78 is 5.28. The Labute approximate surface area is 128 Å². The number of methoxy groups -OCH3 is 1. The van der Waals surface area contributed by atoms with Gasteiger partial charge in [0.25, 0.3) is 0 Å². The van der Waals surface area contributed by atoms with Crippen LogP contribution in [0.25, 0.3) is 0 Å². The van der Waals surface area contributed by atoms with E-state index < -0.39 is 0 Å². The Hall–Kier alpha value is -1.78. The number of Topliss-reactive ketones (excluding diaryl/α,β-unsaturated/α-hetero) is 1. The average Bonchev–Trinajstić information content (AvgIpc) is 3.05. The SMILES string of the molecule is COc1ccccc1C(=O)C1CSC(c2ccccc2)N1. The van der Waals surface area contributed by atoms with Crippen molar-refractivity contribution in [3.63, 3.8) is 0 Å². The summed E-state index contributed by atoms with van der Waals surface area (Å²) in [5.74, 6) is 1.51. The number of para-hydroxylation sites is 1. The third-order valence-corrected chi connectivity index (χ3v) is 4.84. The van der Waals surface area contributed by atoms with Gasteiger partial charge in [0.15, 0.2) is 5.78 Å². The fourth-order valence-corrected chi connectivity index (χ4v) is 3.72. The minimum Gasteiger partial charge on any atom is -0.496 e. The lowest BCUT2D eigenvalue weighted by molar-refractivity contribution is 0.0952. The highest BCUT2D eigenvalue weighted by molar-refractivity contribution is 7.99. The normalized spacial score (nSPS) is 21.2. The smallest absolute Gasteiger partial charge is 0.184 e. The molecule has 0 aliphatic carbocycles. The van der Waals surface area contributed by atoms with E-state index in [-0.39, 0.29) is 17.2 Å².